The van der Waals surface area contributed by atoms with E-state index < -0.39 is 0 Å². The highest BCUT2D eigenvalue weighted by molar-refractivity contribution is 5.99. The first kappa shape index (κ1) is 25.6. The molecule has 0 bridgehead atoms. The Bertz CT molecular complexity index is 1380. The van der Waals surface area contributed by atoms with Gasteiger partial charge in [-0.15, -0.1) is 0 Å². The Kier molecular flexibility index (Phi) is 7.81. The molecule has 196 valence electrons. The van der Waals surface area contributed by atoms with Crippen LogP contribution in [-0.4, -0.2) is 38.4 Å². The van der Waals surface area contributed by atoms with Crippen LogP contribution < -0.4 is 11.1 Å². The van der Waals surface area contributed by atoms with E-state index in [4.69, 9.17) is 10.5 Å². The second-order valence-electron chi connectivity index (χ2n) is 9.90. The minimum atomic E-state index is -0.208. The molecule has 4 aromatic rings. The Hall–Kier alpha value is -4.01. The summed E-state index contributed by atoms with van der Waals surface area (Å²) in [7, 11) is 1.85. The Morgan fingerprint density at radius 3 is 2.39 bits per heavy atom. The van der Waals surface area contributed by atoms with Gasteiger partial charge in [0.25, 0.3) is 5.91 Å². The van der Waals surface area contributed by atoms with Crippen molar-refractivity contribution in [1.82, 2.24) is 20.1 Å². The number of pyridine rings is 1. The Labute approximate surface area is 222 Å². The van der Waals surface area contributed by atoms with Crippen molar-refractivity contribution in [2.75, 3.05) is 12.3 Å². The van der Waals surface area contributed by atoms with Crippen LogP contribution >= 0.6 is 0 Å². The van der Waals surface area contributed by atoms with Crippen LogP contribution in [0.25, 0.3) is 22.3 Å². The van der Waals surface area contributed by atoms with Gasteiger partial charge in [0.15, 0.2) is 0 Å². The quantitative estimate of drug-likeness (QED) is 0.308. The van der Waals surface area contributed by atoms with Crippen LogP contribution in [0, 0.1) is 5.92 Å². The average molecular weight is 512 g/mol. The van der Waals surface area contributed by atoms with E-state index in [1.807, 2.05) is 37.5 Å². The maximum absolute atomic E-state index is 13.1. The number of anilines is 1. The number of rotatable bonds is 9. The molecule has 0 radical (unpaired) electrons. The number of carbonyl (C=O) groups excluding carboxylic acids is 1. The first-order valence-electron chi connectivity index (χ1n) is 12.9. The second-order valence-corrected chi connectivity index (χ2v) is 9.90. The molecule has 4 N–H and O–H groups in total. The summed E-state index contributed by atoms with van der Waals surface area (Å²) in [6.45, 7) is 1.15. The maximum atomic E-state index is 13.1. The molecule has 2 heterocycles. The first-order valence-corrected chi connectivity index (χ1v) is 12.9. The molecule has 8 heteroatoms. The molecule has 38 heavy (non-hydrogen) atoms. The molecule has 2 aromatic carbocycles. The first-order chi connectivity index (χ1) is 18.5. The van der Waals surface area contributed by atoms with Gasteiger partial charge in [-0.2, -0.15) is 5.10 Å². The minimum Gasteiger partial charge on any atom is -0.392 e. The molecule has 5 rings (SSSR count). The van der Waals surface area contributed by atoms with E-state index in [0.29, 0.717) is 18.8 Å². The Morgan fingerprint density at radius 2 is 1.74 bits per heavy atom. The molecule has 1 fully saturated rings. The SMILES string of the molecule is Cn1cc(-c2cnc(N)c(C(=O)N[C@H]3CCC[C@@H]3COCc3ccc(-c4ccc(CO)cc4)cc3)c2)cn1. The number of aliphatic hydroxyl groups excluding tert-OH is 1. The van der Waals surface area contributed by atoms with E-state index in [9.17, 15) is 9.90 Å². The molecule has 0 aliphatic heterocycles. The van der Waals surface area contributed by atoms with Gasteiger partial charge < -0.3 is 20.9 Å². The lowest BCUT2D eigenvalue weighted by Gasteiger charge is -2.21. The number of nitrogens with two attached hydrogens (primary N) is 1. The van der Waals surface area contributed by atoms with Crippen molar-refractivity contribution in [3.05, 3.63) is 89.9 Å². The van der Waals surface area contributed by atoms with Crippen LogP contribution in [0.2, 0.25) is 0 Å². The van der Waals surface area contributed by atoms with Gasteiger partial charge >= 0.3 is 0 Å². The van der Waals surface area contributed by atoms with Crippen LogP contribution in [0.4, 0.5) is 5.82 Å². The third kappa shape index (κ3) is 5.93. The number of aliphatic hydroxyl groups is 1. The largest absolute Gasteiger partial charge is 0.392 e. The van der Waals surface area contributed by atoms with E-state index in [0.717, 1.165) is 52.6 Å². The van der Waals surface area contributed by atoms with Gasteiger partial charge in [0.2, 0.25) is 0 Å². The topological polar surface area (TPSA) is 115 Å². The lowest BCUT2D eigenvalue weighted by Crippen LogP contribution is -2.39. The molecular weight excluding hydrogens is 478 g/mol. The molecule has 1 saturated carbocycles. The fraction of sp³-hybridized carbons (Fsp3) is 0.300. The Morgan fingerprint density at radius 1 is 1.03 bits per heavy atom. The monoisotopic (exact) mass is 511 g/mol. The predicted octanol–water partition coefficient (Wildman–Crippen LogP) is 4.34. The van der Waals surface area contributed by atoms with Gasteiger partial charge in [-0.25, -0.2) is 4.98 Å². The van der Waals surface area contributed by atoms with Crippen LogP contribution in [-0.2, 0) is 25.0 Å². The summed E-state index contributed by atoms with van der Waals surface area (Å²) < 4.78 is 7.78. The molecule has 8 nitrogen and oxygen atoms in total. The fourth-order valence-electron chi connectivity index (χ4n) is 4.98. The molecule has 0 spiro atoms. The highest BCUT2D eigenvalue weighted by atomic mass is 16.5. The van der Waals surface area contributed by atoms with Gasteiger partial charge in [-0.05, 0) is 41.2 Å². The van der Waals surface area contributed by atoms with Crippen LogP contribution in [0.5, 0.6) is 0 Å². The second kappa shape index (κ2) is 11.6. The van der Waals surface area contributed by atoms with Gasteiger partial charge in [-0.3, -0.25) is 9.48 Å². The van der Waals surface area contributed by atoms with Crippen LogP contribution in [0.3, 0.4) is 0 Å². The fourth-order valence-corrected chi connectivity index (χ4v) is 4.98. The number of ether oxygens (including phenoxy) is 1. The average Bonchev–Trinajstić information content (AvgIpc) is 3.58. The summed E-state index contributed by atoms with van der Waals surface area (Å²) in [4.78, 5) is 17.4. The number of aryl methyl sites for hydroxylation is 1. The van der Waals surface area contributed by atoms with Gasteiger partial charge in [0.1, 0.15) is 5.82 Å². The van der Waals surface area contributed by atoms with Crippen molar-refractivity contribution in [1.29, 1.82) is 0 Å². The number of hydrogen-bond donors (Lipinski definition) is 3. The molecule has 0 unspecified atom stereocenters. The van der Waals surface area contributed by atoms with Crippen molar-refractivity contribution in [3.8, 4) is 22.3 Å². The Balaban J connectivity index is 1.15. The number of benzene rings is 2. The maximum Gasteiger partial charge on any atom is 0.255 e. The van der Waals surface area contributed by atoms with Crippen LogP contribution in [0.15, 0.2) is 73.2 Å². The third-order valence-electron chi connectivity index (χ3n) is 7.20. The predicted molar refractivity (Wildman–Crippen MR) is 147 cm³/mol. The number of hydrogen-bond acceptors (Lipinski definition) is 6. The number of nitrogens with one attached hydrogen (secondary N) is 1. The standard InChI is InChI=1S/C30H33N5O3/c1-35-16-26(15-33-35)25-13-27(29(31)32-14-25)30(37)34-28-4-2-3-24(28)19-38-18-21-7-11-23(12-8-21)22-9-5-20(17-36)6-10-22/h5-16,24,28,36H,2-4,17-19H2,1H3,(H2,31,32)(H,34,37)/t24-,28+/m1/s1. The highest BCUT2D eigenvalue weighted by Gasteiger charge is 2.29. The van der Waals surface area contributed by atoms with E-state index in [-0.39, 0.29) is 30.3 Å². The molecule has 2 aromatic heterocycles. The highest BCUT2D eigenvalue weighted by Crippen LogP contribution is 2.28. The summed E-state index contributed by atoms with van der Waals surface area (Å²) in [6, 6.07) is 18.0. The molecule has 1 aliphatic carbocycles. The summed E-state index contributed by atoms with van der Waals surface area (Å²) in [5.74, 6) is 0.257. The van der Waals surface area contributed by atoms with Crippen LogP contribution in [0.1, 0.15) is 40.7 Å². The van der Waals surface area contributed by atoms with E-state index in [2.05, 4.69) is 39.7 Å². The van der Waals surface area contributed by atoms with E-state index in [1.165, 1.54) is 0 Å². The number of amides is 1. The molecule has 1 amide bonds. The minimum absolute atomic E-state index is 0.0354. The lowest BCUT2D eigenvalue weighted by atomic mass is 10.0. The number of nitrogens with zero attached hydrogens (tertiary/aromatic N) is 3. The number of aromatic nitrogens is 3. The van der Waals surface area contributed by atoms with E-state index in [1.54, 1.807) is 23.1 Å². The molecule has 2 atom stereocenters. The van der Waals surface area contributed by atoms with Gasteiger partial charge in [0, 0.05) is 42.5 Å². The zero-order valence-corrected chi connectivity index (χ0v) is 21.5. The lowest BCUT2D eigenvalue weighted by molar-refractivity contribution is 0.0742. The van der Waals surface area contributed by atoms with Crippen molar-refractivity contribution in [2.24, 2.45) is 13.0 Å². The summed E-state index contributed by atoms with van der Waals surface area (Å²) in [6.07, 6.45) is 8.25. The van der Waals surface area contributed by atoms with Crippen molar-refractivity contribution in [3.63, 3.8) is 0 Å². The number of carbonyl (C=O) groups is 1. The third-order valence-corrected chi connectivity index (χ3v) is 7.20. The molecule has 1 aliphatic rings. The number of nitrogen functional groups attached to an aromatic ring is 1. The summed E-state index contributed by atoms with van der Waals surface area (Å²) in [5.41, 5.74) is 12.4. The zero-order chi connectivity index (χ0) is 26.5. The van der Waals surface area contributed by atoms with Crippen molar-refractivity contribution in [2.45, 2.75) is 38.5 Å². The van der Waals surface area contributed by atoms with Crippen molar-refractivity contribution < 1.29 is 14.6 Å². The smallest absolute Gasteiger partial charge is 0.255 e. The summed E-state index contributed by atoms with van der Waals surface area (Å²) in [5, 5.41) is 16.6. The molecular formula is C30H33N5O3. The zero-order valence-electron chi connectivity index (χ0n) is 21.5. The molecule has 0 saturated heterocycles. The van der Waals surface area contributed by atoms with Gasteiger partial charge in [-0.1, -0.05) is 55.0 Å². The summed E-state index contributed by atoms with van der Waals surface area (Å²) >= 11 is 0. The van der Waals surface area contributed by atoms with Gasteiger partial charge in [0.05, 0.1) is 31.6 Å². The van der Waals surface area contributed by atoms with Crippen molar-refractivity contribution >= 4 is 11.7 Å². The normalized spacial score (nSPS) is 17.0. The van der Waals surface area contributed by atoms with E-state index >= 15 is 0 Å².